The summed E-state index contributed by atoms with van der Waals surface area (Å²) in [5, 5.41) is 0. The van der Waals surface area contributed by atoms with Crippen LogP contribution in [0.15, 0.2) is 34.9 Å². The predicted octanol–water partition coefficient (Wildman–Crippen LogP) is 5.72. The third-order valence-corrected chi connectivity index (χ3v) is 19.8. The molecule has 0 spiro atoms. The van der Waals surface area contributed by atoms with Crippen molar-refractivity contribution in [3.05, 3.63) is 34.9 Å². The van der Waals surface area contributed by atoms with Crippen molar-refractivity contribution in [1.82, 2.24) is 0 Å². The van der Waals surface area contributed by atoms with Crippen LogP contribution >= 0.6 is 15.6 Å². The number of hydrogen-bond acceptors (Lipinski definition) is 7. The standard InChI is InChI=1S/C15H28O7P2.Pb/c1-13(2)7-5-8-14(3)9-6-10-15(4)11-12-21-24(19,20)22-23(16,17)18;/h7,9,11H,5-6,8,10,12H2,1-4H3,(H,19,20)(H2,16,17,18);/q;+3/p-3. The Labute approximate surface area is 159 Å². The van der Waals surface area contributed by atoms with Gasteiger partial charge in [0.05, 0.1) is 0 Å². The van der Waals surface area contributed by atoms with Crippen molar-refractivity contribution in [3.63, 3.8) is 0 Å². The molecule has 3 aliphatic rings. The molecule has 0 aromatic rings. The van der Waals surface area contributed by atoms with E-state index in [4.69, 9.17) is 16.3 Å². The zero-order chi connectivity index (χ0) is 18.5. The molecule has 0 amide bonds. The maximum absolute atomic E-state index is 12.1. The Morgan fingerprint density at radius 1 is 0.920 bits per heavy atom. The van der Waals surface area contributed by atoms with E-state index in [9.17, 15) is 9.13 Å². The topological polar surface area (TPSA) is 80.3 Å². The van der Waals surface area contributed by atoms with Crippen molar-refractivity contribution in [2.75, 3.05) is 6.61 Å². The van der Waals surface area contributed by atoms with Crippen molar-refractivity contribution >= 4 is 39.7 Å². The summed E-state index contributed by atoms with van der Waals surface area (Å²) in [6.45, 7) is 8.43. The van der Waals surface area contributed by atoms with E-state index in [-0.39, 0.29) is 6.61 Å². The molecule has 3 fully saturated rings. The summed E-state index contributed by atoms with van der Waals surface area (Å²) in [7, 11) is -7.41. The van der Waals surface area contributed by atoms with E-state index in [2.05, 4.69) is 32.9 Å². The summed E-state index contributed by atoms with van der Waals surface area (Å²) < 4.78 is 48.2. The normalized spacial score (nSPS) is 30.1. The molecular weight excluding hydrogens is 561 g/mol. The minimum atomic E-state index is -3.78. The first-order valence-corrected chi connectivity index (χ1v) is 15.8. The Kier molecular flexibility index (Phi) is 8.29. The third kappa shape index (κ3) is 7.50. The Balaban J connectivity index is 1.67. The Morgan fingerprint density at radius 2 is 1.52 bits per heavy atom. The van der Waals surface area contributed by atoms with Crippen LogP contribution in [-0.4, -0.2) is 30.7 Å². The first-order chi connectivity index (χ1) is 11.7. The van der Waals surface area contributed by atoms with E-state index in [1.165, 1.54) is 11.1 Å². The average Bonchev–Trinajstić information content (AvgIpc) is 2.44. The first kappa shape index (κ1) is 21.7. The van der Waals surface area contributed by atoms with Crippen LogP contribution < -0.4 is 0 Å². The van der Waals surface area contributed by atoms with Crippen molar-refractivity contribution in [3.8, 4) is 0 Å². The zero-order valence-electron chi connectivity index (χ0n) is 15.0. The fourth-order valence-electron chi connectivity index (χ4n) is 2.15. The molecule has 10 heteroatoms. The van der Waals surface area contributed by atoms with Crippen molar-refractivity contribution in [2.24, 2.45) is 0 Å². The molecule has 0 N–H and O–H groups in total. The van der Waals surface area contributed by atoms with Gasteiger partial charge in [0.15, 0.2) is 0 Å². The summed E-state index contributed by atoms with van der Waals surface area (Å²) in [6, 6.07) is 0. The van der Waals surface area contributed by atoms with Gasteiger partial charge in [0.2, 0.25) is 0 Å². The van der Waals surface area contributed by atoms with Gasteiger partial charge in [-0.2, -0.15) is 0 Å². The summed E-state index contributed by atoms with van der Waals surface area (Å²) in [6.07, 6.45) is 10.3. The molecule has 3 aliphatic heterocycles. The maximum atomic E-state index is 12.1. The van der Waals surface area contributed by atoms with Crippen LogP contribution in [0.5, 0.6) is 0 Å². The van der Waals surface area contributed by atoms with Gasteiger partial charge in [0.25, 0.3) is 0 Å². The molecule has 3 saturated heterocycles. The molecule has 3 heterocycles. The second-order valence-corrected chi connectivity index (χ2v) is 17.8. The van der Waals surface area contributed by atoms with Gasteiger partial charge in [0.1, 0.15) is 0 Å². The van der Waals surface area contributed by atoms with Gasteiger partial charge >= 0.3 is 135 Å². The van der Waals surface area contributed by atoms with Crippen LogP contribution in [0.1, 0.15) is 53.4 Å². The van der Waals surface area contributed by atoms with Crippen LogP contribution in [0.2, 0.25) is 0 Å². The number of phosphoric acid groups is 2. The van der Waals surface area contributed by atoms with Crippen LogP contribution in [0, 0.1) is 0 Å². The van der Waals surface area contributed by atoms with Crippen molar-refractivity contribution in [1.29, 1.82) is 0 Å². The SMILES string of the molecule is CC(C)=CCCC(C)=CCCC(C)=CCOP1(=O)[O][Pb]2[O]P(=O)([O]2)O1. The van der Waals surface area contributed by atoms with E-state index in [0.29, 0.717) is 0 Å². The molecule has 0 aromatic heterocycles. The summed E-state index contributed by atoms with van der Waals surface area (Å²) in [4.78, 5) is 0. The zero-order valence-corrected chi connectivity index (χ0v) is 20.7. The van der Waals surface area contributed by atoms with E-state index >= 15 is 0 Å². The molecule has 2 bridgehead atoms. The Morgan fingerprint density at radius 3 is 2.12 bits per heavy atom. The second-order valence-electron chi connectivity index (χ2n) is 6.26. The van der Waals surface area contributed by atoms with Gasteiger partial charge in [-0.3, -0.25) is 0 Å². The molecule has 1 radical (unpaired) electrons. The molecule has 7 nitrogen and oxygen atoms in total. The summed E-state index contributed by atoms with van der Waals surface area (Å²) in [5.74, 6) is 0. The van der Waals surface area contributed by atoms with E-state index < -0.39 is 39.7 Å². The van der Waals surface area contributed by atoms with Gasteiger partial charge in [-0.1, -0.05) is 11.6 Å². The second kappa shape index (κ2) is 9.55. The quantitative estimate of drug-likeness (QED) is 0.194. The van der Waals surface area contributed by atoms with Crippen LogP contribution in [0.25, 0.3) is 0 Å². The van der Waals surface area contributed by atoms with Gasteiger partial charge in [0, 0.05) is 0 Å². The van der Waals surface area contributed by atoms with E-state index in [1.54, 1.807) is 0 Å². The van der Waals surface area contributed by atoms with Gasteiger partial charge in [-0.15, -0.1) is 0 Å². The Bertz CT molecular complexity index is 657. The average molecular weight is 587 g/mol. The summed E-state index contributed by atoms with van der Waals surface area (Å²) in [5.41, 5.74) is 3.84. The fraction of sp³-hybridized carbons (Fsp3) is 0.600. The van der Waals surface area contributed by atoms with Crippen molar-refractivity contribution < 1.29 is 25.4 Å². The monoisotopic (exact) mass is 587 g/mol. The van der Waals surface area contributed by atoms with Crippen LogP contribution in [0.3, 0.4) is 0 Å². The van der Waals surface area contributed by atoms with E-state index in [0.717, 1.165) is 31.3 Å². The number of allylic oxidation sites excluding steroid dienone is 5. The molecular formula is C15H25O7P2Pb. The van der Waals surface area contributed by atoms with Gasteiger partial charge < -0.3 is 0 Å². The number of rotatable bonds is 9. The molecule has 25 heavy (non-hydrogen) atoms. The third-order valence-electron chi connectivity index (χ3n) is 3.55. The van der Waals surface area contributed by atoms with E-state index in [1.807, 2.05) is 13.0 Å². The molecule has 141 valence electrons. The molecule has 3 rings (SSSR count). The predicted molar refractivity (Wildman–Crippen MR) is 96.7 cm³/mol. The van der Waals surface area contributed by atoms with Gasteiger partial charge in [-0.05, 0) is 13.8 Å². The Hall–Kier alpha value is 0.402. The van der Waals surface area contributed by atoms with Crippen LogP contribution in [0.4, 0.5) is 0 Å². The fourth-order valence-corrected chi connectivity index (χ4v) is 17.8. The van der Waals surface area contributed by atoms with Crippen molar-refractivity contribution in [2.45, 2.75) is 53.4 Å². The molecule has 1 atom stereocenters. The number of hydrogen-bond donors (Lipinski definition) is 0. The summed E-state index contributed by atoms with van der Waals surface area (Å²) >= 11 is -3.28. The van der Waals surface area contributed by atoms with Crippen LogP contribution in [-0.2, 0) is 25.4 Å². The number of fused-ring (bicyclic) bond motifs is 2. The van der Waals surface area contributed by atoms with Gasteiger partial charge in [-0.25, -0.2) is 0 Å². The minimum absolute atomic E-state index is 0.0748. The molecule has 1 unspecified atom stereocenters. The molecule has 0 aliphatic carbocycles. The molecule has 0 aromatic carbocycles. The molecule has 0 saturated carbocycles. The first-order valence-electron chi connectivity index (χ1n) is 8.16.